The van der Waals surface area contributed by atoms with Crippen molar-refractivity contribution in [2.75, 3.05) is 7.11 Å². The van der Waals surface area contributed by atoms with E-state index in [1.54, 1.807) is 7.11 Å². The van der Waals surface area contributed by atoms with E-state index in [0.717, 1.165) is 24.3 Å². The summed E-state index contributed by atoms with van der Waals surface area (Å²) in [5.74, 6) is 0.937. The van der Waals surface area contributed by atoms with Crippen molar-refractivity contribution in [3.8, 4) is 5.75 Å². The molecule has 0 saturated heterocycles. The van der Waals surface area contributed by atoms with Gasteiger partial charge in [0, 0.05) is 10.5 Å². The number of aliphatic imine (C=N–C) groups is 1. The summed E-state index contributed by atoms with van der Waals surface area (Å²) in [5, 5.41) is 0.491. The number of benzene rings is 2. The minimum absolute atomic E-state index is 0.491. The van der Waals surface area contributed by atoms with Gasteiger partial charge in [0.15, 0.2) is 0 Å². The Hall–Kier alpha value is -1.74. The van der Waals surface area contributed by atoms with E-state index in [1.165, 1.54) is 21.7 Å². The zero-order valence-corrected chi connectivity index (χ0v) is 12.1. The fraction of sp³-hybridized carbons (Fsp3) is 0.235. The van der Waals surface area contributed by atoms with Crippen molar-refractivity contribution in [2.24, 2.45) is 4.99 Å². The van der Waals surface area contributed by atoms with E-state index in [2.05, 4.69) is 36.4 Å². The second kappa shape index (κ2) is 4.67. The van der Waals surface area contributed by atoms with Gasteiger partial charge in [0.25, 0.3) is 0 Å². The average molecular weight is 281 g/mol. The highest BCUT2D eigenvalue weighted by Crippen LogP contribution is 2.43. The van der Waals surface area contributed by atoms with Crippen LogP contribution in [0.1, 0.15) is 17.5 Å². The molecule has 3 heteroatoms. The minimum Gasteiger partial charge on any atom is -0.497 e. The van der Waals surface area contributed by atoms with Gasteiger partial charge >= 0.3 is 0 Å². The van der Waals surface area contributed by atoms with E-state index >= 15 is 0 Å². The van der Waals surface area contributed by atoms with Crippen LogP contribution in [-0.2, 0) is 6.42 Å². The van der Waals surface area contributed by atoms with Crippen LogP contribution in [0.5, 0.6) is 5.75 Å². The maximum absolute atomic E-state index is 5.33. The van der Waals surface area contributed by atoms with E-state index < -0.39 is 0 Å². The zero-order chi connectivity index (χ0) is 13.5. The number of rotatable bonds is 1. The Kier molecular flexibility index (Phi) is 2.81. The molecule has 4 rings (SSSR count). The highest BCUT2D eigenvalue weighted by molar-refractivity contribution is 8.01. The van der Waals surface area contributed by atoms with Crippen LogP contribution in [0.25, 0.3) is 0 Å². The molecule has 1 unspecified atom stereocenters. The largest absolute Gasteiger partial charge is 0.497 e. The van der Waals surface area contributed by atoms with Crippen LogP contribution in [0.3, 0.4) is 0 Å². The summed E-state index contributed by atoms with van der Waals surface area (Å²) >= 11 is 1.95. The summed E-state index contributed by atoms with van der Waals surface area (Å²) in [7, 11) is 1.72. The highest BCUT2D eigenvalue weighted by atomic mass is 32.2. The molecule has 0 spiro atoms. The summed E-state index contributed by atoms with van der Waals surface area (Å²) < 4.78 is 5.33. The first kappa shape index (κ1) is 12.0. The number of methoxy groups -OCH3 is 1. The number of hydrogen-bond donors (Lipinski definition) is 0. The van der Waals surface area contributed by atoms with Gasteiger partial charge in [0.05, 0.1) is 23.8 Å². The average Bonchev–Trinajstić information content (AvgIpc) is 2.52. The lowest BCUT2D eigenvalue weighted by molar-refractivity contribution is 0.414. The molecule has 0 amide bonds. The van der Waals surface area contributed by atoms with Crippen molar-refractivity contribution in [2.45, 2.75) is 23.0 Å². The number of thioether (sulfide) groups is 1. The molecular weight excluding hydrogens is 266 g/mol. The maximum atomic E-state index is 5.33. The number of hydrogen-bond acceptors (Lipinski definition) is 3. The van der Waals surface area contributed by atoms with Crippen LogP contribution in [0, 0.1) is 0 Å². The first-order valence-electron chi connectivity index (χ1n) is 6.87. The lowest BCUT2D eigenvalue weighted by Crippen LogP contribution is -2.27. The van der Waals surface area contributed by atoms with E-state index in [0.29, 0.717) is 5.25 Å². The van der Waals surface area contributed by atoms with E-state index in [4.69, 9.17) is 9.73 Å². The summed E-state index contributed by atoms with van der Waals surface area (Å²) in [6.45, 7) is 0. The summed E-state index contributed by atoms with van der Waals surface area (Å²) in [6, 6.07) is 14.8. The number of nitrogens with zero attached hydrogens (tertiary/aromatic N) is 1. The van der Waals surface area contributed by atoms with Crippen molar-refractivity contribution in [1.82, 2.24) is 0 Å². The second-order valence-corrected chi connectivity index (χ2v) is 6.38. The van der Waals surface area contributed by atoms with Crippen LogP contribution in [-0.4, -0.2) is 18.1 Å². The highest BCUT2D eigenvalue weighted by Gasteiger charge is 2.30. The molecule has 1 aliphatic carbocycles. The van der Waals surface area contributed by atoms with Crippen molar-refractivity contribution < 1.29 is 4.74 Å². The van der Waals surface area contributed by atoms with Gasteiger partial charge in [0.2, 0.25) is 0 Å². The lowest BCUT2D eigenvalue weighted by Gasteiger charge is -2.30. The van der Waals surface area contributed by atoms with E-state index in [-0.39, 0.29) is 0 Å². The third-order valence-corrected chi connectivity index (χ3v) is 5.29. The maximum Gasteiger partial charge on any atom is 0.119 e. The third kappa shape index (κ3) is 1.85. The molecule has 0 N–H and O–H groups in total. The van der Waals surface area contributed by atoms with Gasteiger partial charge in [-0.25, -0.2) is 0 Å². The molecule has 20 heavy (non-hydrogen) atoms. The quantitative estimate of drug-likeness (QED) is 0.780. The Morgan fingerprint density at radius 2 is 2.10 bits per heavy atom. The van der Waals surface area contributed by atoms with Crippen molar-refractivity contribution in [1.29, 1.82) is 0 Å². The SMILES string of the molecule is COc1ccc2c(c1)CCC1Sc3ccccc3N=C21. The van der Waals surface area contributed by atoms with Gasteiger partial charge in [-0.1, -0.05) is 12.1 Å². The van der Waals surface area contributed by atoms with Gasteiger partial charge < -0.3 is 4.74 Å². The van der Waals surface area contributed by atoms with Gasteiger partial charge in [-0.2, -0.15) is 0 Å². The van der Waals surface area contributed by atoms with E-state index in [9.17, 15) is 0 Å². The molecule has 0 fully saturated rings. The Morgan fingerprint density at radius 3 is 3.00 bits per heavy atom. The molecule has 1 aliphatic heterocycles. The molecule has 0 aromatic heterocycles. The number of fused-ring (bicyclic) bond motifs is 4. The molecule has 2 aliphatic rings. The van der Waals surface area contributed by atoms with Crippen LogP contribution >= 0.6 is 11.8 Å². The summed E-state index contributed by atoms with van der Waals surface area (Å²) in [6.07, 6.45) is 2.25. The van der Waals surface area contributed by atoms with Crippen LogP contribution in [0.15, 0.2) is 52.4 Å². The Morgan fingerprint density at radius 1 is 1.20 bits per heavy atom. The molecule has 0 bridgehead atoms. The van der Waals surface area contributed by atoms with Gasteiger partial charge in [-0.3, -0.25) is 4.99 Å². The Balaban J connectivity index is 1.85. The second-order valence-electron chi connectivity index (χ2n) is 5.13. The topological polar surface area (TPSA) is 21.6 Å². The third-order valence-electron chi connectivity index (χ3n) is 3.94. The fourth-order valence-electron chi connectivity index (χ4n) is 2.93. The number of para-hydroxylation sites is 1. The Bertz CT molecular complexity index is 708. The molecule has 0 saturated carbocycles. The minimum atomic E-state index is 0.491. The molecule has 2 aromatic rings. The molecule has 2 aromatic carbocycles. The molecule has 2 nitrogen and oxygen atoms in total. The molecule has 1 atom stereocenters. The van der Waals surface area contributed by atoms with Gasteiger partial charge in [0.1, 0.15) is 5.75 Å². The predicted octanol–water partition coefficient (Wildman–Crippen LogP) is 4.24. The predicted molar refractivity (Wildman–Crippen MR) is 83.6 cm³/mol. The van der Waals surface area contributed by atoms with Crippen molar-refractivity contribution in [3.63, 3.8) is 0 Å². The normalized spacial score (nSPS) is 19.4. The monoisotopic (exact) mass is 281 g/mol. The smallest absolute Gasteiger partial charge is 0.119 e. The van der Waals surface area contributed by atoms with Crippen LogP contribution in [0.4, 0.5) is 5.69 Å². The number of ether oxygens (including phenoxy) is 1. The fourth-order valence-corrected chi connectivity index (χ4v) is 4.15. The Labute approximate surface area is 122 Å². The first-order valence-corrected chi connectivity index (χ1v) is 7.74. The zero-order valence-electron chi connectivity index (χ0n) is 11.3. The lowest BCUT2D eigenvalue weighted by atomic mass is 9.89. The summed E-state index contributed by atoms with van der Waals surface area (Å²) in [5.41, 5.74) is 4.99. The van der Waals surface area contributed by atoms with Crippen LogP contribution in [0.2, 0.25) is 0 Å². The molecule has 0 radical (unpaired) electrons. The molecule has 1 heterocycles. The molecular formula is C17H15NOS. The number of aryl methyl sites for hydroxylation is 1. The standard InChI is InChI=1S/C17H15NOS/c1-19-12-7-8-13-11(10-12)6-9-16-17(13)18-14-4-2-3-5-15(14)20-16/h2-5,7-8,10,16H,6,9H2,1H3. The van der Waals surface area contributed by atoms with Gasteiger partial charge in [-0.15, -0.1) is 11.8 Å². The summed E-state index contributed by atoms with van der Waals surface area (Å²) in [4.78, 5) is 6.22. The van der Waals surface area contributed by atoms with Crippen LogP contribution < -0.4 is 4.74 Å². The first-order chi connectivity index (χ1) is 9.85. The molecule has 100 valence electrons. The van der Waals surface area contributed by atoms with E-state index in [1.807, 2.05) is 17.8 Å². The van der Waals surface area contributed by atoms with Crippen molar-refractivity contribution >= 4 is 23.2 Å². The van der Waals surface area contributed by atoms with Gasteiger partial charge in [-0.05, 0) is 48.7 Å². The van der Waals surface area contributed by atoms with Crippen molar-refractivity contribution in [3.05, 3.63) is 53.6 Å².